The van der Waals surface area contributed by atoms with E-state index >= 15 is 0 Å². The molecule has 1 aliphatic rings. The number of likely N-dealkylation sites (N-methyl/N-ethyl adjacent to an activating group) is 1. The maximum atomic E-state index is 11.2. The molecule has 29 heavy (non-hydrogen) atoms. The Hall–Kier alpha value is -2.22. The van der Waals surface area contributed by atoms with Gasteiger partial charge in [0.1, 0.15) is 12.4 Å². The van der Waals surface area contributed by atoms with Gasteiger partial charge in [-0.3, -0.25) is 4.90 Å². The van der Waals surface area contributed by atoms with E-state index in [1.165, 1.54) is 5.56 Å². The van der Waals surface area contributed by atoms with E-state index in [1.807, 2.05) is 32.2 Å². The molecule has 1 N–H and O–H groups in total. The van der Waals surface area contributed by atoms with Gasteiger partial charge in [-0.1, -0.05) is 12.1 Å². The molecule has 1 saturated heterocycles. The van der Waals surface area contributed by atoms with Crippen molar-refractivity contribution in [1.29, 1.82) is 0 Å². The van der Waals surface area contributed by atoms with Gasteiger partial charge < -0.3 is 19.5 Å². The molecule has 2 aromatic rings. The summed E-state index contributed by atoms with van der Waals surface area (Å²) in [6, 6.07) is 9.92. The molecule has 7 heteroatoms. The molecule has 3 rings (SSSR count). The maximum absolute atomic E-state index is 11.2. The lowest BCUT2D eigenvalue weighted by atomic mass is 9.92. The Balaban J connectivity index is 1.49. The molecule has 0 aliphatic carbocycles. The summed E-state index contributed by atoms with van der Waals surface area (Å²) < 4.78 is 10.9. The van der Waals surface area contributed by atoms with Crippen molar-refractivity contribution in [1.82, 2.24) is 14.9 Å². The molecule has 0 amide bonds. The molecule has 0 bridgehead atoms. The van der Waals surface area contributed by atoms with Crippen molar-refractivity contribution in [2.24, 2.45) is 0 Å². The summed E-state index contributed by atoms with van der Waals surface area (Å²) in [5, 5.41) is 11.2. The van der Waals surface area contributed by atoms with E-state index in [2.05, 4.69) is 31.9 Å². The quantitative estimate of drug-likeness (QED) is 0.614. The Morgan fingerprint density at radius 2 is 1.93 bits per heavy atom. The minimum atomic E-state index is -0.769. The van der Waals surface area contributed by atoms with Crippen LogP contribution in [-0.2, 0) is 11.3 Å². The van der Waals surface area contributed by atoms with Gasteiger partial charge >= 0.3 is 0 Å². The van der Waals surface area contributed by atoms with Gasteiger partial charge in [0.05, 0.1) is 18.8 Å². The van der Waals surface area contributed by atoms with Crippen molar-refractivity contribution in [3.8, 4) is 5.75 Å². The van der Waals surface area contributed by atoms with E-state index < -0.39 is 5.60 Å². The average molecular weight is 401 g/mol. The molecule has 0 radical (unpaired) electrons. The predicted molar refractivity (Wildman–Crippen MR) is 113 cm³/mol. The third kappa shape index (κ3) is 6.66. The van der Waals surface area contributed by atoms with Gasteiger partial charge in [-0.25, -0.2) is 9.97 Å². The minimum absolute atomic E-state index is 0.550. The summed E-state index contributed by atoms with van der Waals surface area (Å²) in [7, 11) is 2.04. The predicted octanol–water partition coefficient (Wildman–Crippen LogP) is 2.36. The van der Waals surface area contributed by atoms with E-state index in [0.717, 1.165) is 31.7 Å². The third-order valence-electron chi connectivity index (χ3n) is 5.03. The maximum Gasteiger partial charge on any atom is 0.225 e. The van der Waals surface area contributed by atoms with Gasteiger partial charge in [-0.2, -0.15) is 0 Å². The van der Waals surface area contributed by atoms with Crippen molar-refractivity contribution >= 4 is 5.95 Å². The van der Waals surface area contributed by atoms with Crippen LogP contribution in [-0.4, -0.2) is 72.1 Å². The van der Waals surface area contributed by atoms with Crippen LogP contribution in [0.3, 0.4) is 0 Å². The van der Waals surface area contributed by atoms with Gasteiger partial charge in [0.2, 0.25) is 5.95 Å². The van der Waals surface area contributed by atoms with Crippen LogP contribution < -0.4 is 9.64 Å². The van der Waals surface area contributed by atoms with Crippen LogP contribution in [0.25, 0.3) is 0 Å². The number of benzene rings is 1. The SMILES string of the molecule is CCOCCOc1ccc(CN(C)C[C@@]2(O)CCCN(c3ncccn3)C2)cc1. The second kappa shape index (κ2) is 10.5. The number of ether oxygens (including phenoxy) is 2. The molecular formula is C22H32N4O3. The summed E-state index contributed by atoms with van der Waals surface area (Å²) in [5.41, 5.74) is 0.418. The summed E-state index contributed by atoms with van der Waals surface area (Å²) in [5.74, 6) is 1.54. The van der Waals surface area contributed by atoms with Crippen LogP contribution in [0.4, 0.5) is 5.95 Å². The Morgan fingerprint density at radius 1 is 1.17 bits per heavy atom. The second-order valence-corrected chi connectivity index (χ2v) is 7.66. The fraction of sp³-hybridized carbons (Fsp3) is 0.545. The van der Waals surface area contributed by atoms with Crippen LogP contribution in [0.15, 0.2) is 42.7 Å². The fourth-order valence-electron chi connectivity index (χ4n) is 3.79. The zero-order chi connectivity index (χ0) is 20.5. The van der Waals surface area contributed by atoms with Crippen LogP contribution >= 0.6 is 0 Å². The number of nitrogens with zero attached hydrogens (tertiary/aromatic N) is 4. The molecule has 1 atom stereocenters. The summed E-state index contributed by atoms with van der Waals surface area (Å²) in [6.07, 6.45) is 5.20. The molecule has 1 aromatic heterocycles. The number of rotatable bonds is 10. The van der Waals surface area contributed by atoms with E-state index in [9.17, 15) is 5.11 Å². The smallest absolute Gasteiger partial charge is 0.225 e. The minimum Gasteiger partial charge on any atom is -0.491 e. The molecular weight excluding hydrogens is 368 g/mol. The third-order valence-corrected chi connectivity index (χ3v) is 5.03. The largest absolute Gasteiger partial charge is 0.491 e. The number of β-amino-alcohol motifs (C(OH)–C–C–N with tert-alkyl or cyclic N) is 1. The highest BCUT2D eigenvalue weighted by Gasteiger charge is 2.35. The lowest BCUT2D eigenvalue weighted by Gasteiger charge is -2.41. The standard InChI is InChI=1S/C22H32N4O3/c1-3-28-14-15-29-20-8-6-19(7-9-20)16-25(2)17-22(27)10-4-13-26(18-22)21-23-11-5-12-24-21/h5-9,11-12,27H,3-4,10,13-18H2,1-2H3/t22-/m0/s1. The zero-order valence-corrected chi connectivity index (χ0v) is 17.5. The van der Waals surface area contributed by atoms with Crippen LogP contribution in [0, 0.1) is 0 Å². The average Bonchev–Trinajstić information content (AvgIpc) is 2.72. The number of anilines is 1. The highest BCUT2D eigenvalue weighted by molar-refractivity contribution is 5.31. The van der Waals surface area contributed by atoms with Gasteiger partial charge in [-0.15, -0.1) is 0 Å². The first-order valence-electron chi connectivity index (χ1n) is 10.3. The highest BCUT2D eigenvalue weighted by Crippen LogP contribution is 2.25. The molecule has 1 aliphatic heterocycles. The topological polar surface area (TPSA) is 71.0 Å². The second-order valence-electron chi connectivity index (χ2n) is 7.66. The summed E-state index contributed by atoms with van der Waals surface area (Å²) in [4.78, 5) is 12.9. The van der Waals surface area contributed by atoms with Crippen LogP contribution in [0.1, 0.15) is 25.3 Å². The molecule has 1 fully saturated rings. The fourth-order valence-corrected chi connectivity index (χ4v) is 3.79. The van der Waals surface area contributed by atoms with Crippen molar-refractivity contribution < 1.29 is 14.6 Å². The molecule has 7 nitrogen and oxygen atoms in total. The van der Waals surface area contributed by atoms with E-state index in [-0.39, 0.29) is 0 Å². The van der Waals surface area contributed by atoms with E-state index in [1.54, 1.807) is 12.4 Å². The van der Waals surface area contributed by atoms with Gasteiger partial charge in [-0.05, 0) is 50.6 Å². The Bertz CT molecular complexity index is 729. The lowest BCUT2D eigenvalue weighted by Crippen LogP contribution is -2.54. The van der Waals surface area contributed by atoms with Gasteiger partial charge in [0.25, 0.3) is 0 Å². The zero-order valence-electron chi connectivity index (χ0n) is 17.5. The van der Waals surface area contributed by atoms with Gasteiger partial charge in [0.15, 0.2) is 0 Å². The first kappa shape index (κ1) is 21.5. The number of piperidine rings is 1. The molecule has 0 saturated carbocycles. The molecule has 0 spiro atoms. The number of hydrogen-bond acceptors (Lipinski definition) is 7. The normalized spacial score (nSPS) is 19.5. The van der Waals surface area contributed by atoms with Crippen molar-refractivity contribution in [2.45, 2.75) is 31.9 Å². The number of aromatic nitrogens is 2. The van der Waals surface area contributed by atoms with Crippen molar-refractivity contribution in [3.05, 3.63) is 48.3 Å². The Morgan fingerprint density at radius 3 is 2.66 bits per heavy atom. The molecule has 1 aromatic carbocycles. The number of hydrogen-bond donors (Lipinski definition) is 1. The first-order chi connectivity index (χ1) is 14.1. The van der Waals surface area contributed by atoms with Crippen molar-refractivity contribution in [2.75, 3.05) is 51.4 Å². The summed E-state index contributed by atoms with van der Waals surface area (Å²) in [6.45, 7) is 6.63. The highest BCUT2D eigenvalue weighted by atomic mass is 16.5. The van der Waals surface area contributed by atoms with E-state index in [4.69, 9.17) is 9.47 Å². The molecule has 2 heterocycles. The number of aliphatic hydroxyl groups is 1. The molecule has 158 valence electrons. The lowest BCUT2D eigenvalue weighted by molar-refractivity contribution is -0.00366. The van der Waals surface area contributed by atoms with Crippen molar-refractivity contribution in [3.63, 3.8) is 0 Å². The Labute approximate surface area is 173 Å². The Kier molecular flexibility index (Phi) is 7.80. The monoisotopic (exact) mass is 400 g/mol. The van der Waals surface area contributed by atoms with E-state index in [0.29, 0.717) is 38.9 Å². The van der Waals surface area contributed by atoms with Gasteiger partial charge in [0, 0.05) is 38.6 Å². The molecule has 0 unspecified atom stereocenters. The summed E-state index contributed by atoms with van der Waals surface area (Å²) >= 11 is 0. The van der Waals surface area contributed by atoms with Crippen LogP contribution in [0.2, 0.25) is 0 Å². The first-order valence-corrected chi connectivity index (χ1v) is 10.3. The van der Waals surface area contributed by atoms with Crippen LogP contribution in [0.5, 0.6) is 5.75 Å².